The van der Waals surface area contributed by atoms with Crippen LogP contribution in [0, 0.1) is 0 Å². The molecule has 0 bridgehead atoms. The monoisotopic (exact) mass is 303 g/mol. The van der Waals surface area contributed by atoms with Gasteiger partial charge in [-0.15, -0.1) is 0 Å². The van der Waals surface area contributed by atoms with Crippen LogP contribution in [0.1, 0.15) is 0 Å². The van der Waals surface area contributed by atoms with Gasteiger partial charge in [0.2, 0.25) is 15.9 Å². The highest BCUT2D eigenvalue weighted by Crippen LogP contribution is 2.09. The number of rotatable bonds is 8. The lowest BCUT2D eigenvalue weighted by atomic mass is 10.5. The maximum atomic E-state index is 11.9. The number of hydrogen-bond donors (Lipinski definition) is 4. The Labute approximate surface area is 116 Å². The fraction of sp³-hybridized carbons (Fsp3) is 0.400. The van der Waals surface area contributed by atoms with Crippen LogP contribution in [0.2, 0.25) is 0 Å². The van der Waals surface area contributed by atoms with E-state index >= 15 is 0 Å². The van der Waals surface area contributed by atoms with Crippen molar-refractivity contribution in [2.24, 2.45) is 5.84 Å². The van der Waals surface area contributed by atoms with Crippen molar-refractivity contribution < 1.29 is 17.9 Å². The molecule has 0 fully saturated rings. The van der Waals surface area contributed by atoms with E-state index in [4.69, 9.17) is 10.6 Å². The van der Waals surface area contributed by atoms with Gasteiger partial charge in [0.05, 0.1) is 13.2 Å². The van der Waals surface area contributed by atoms with Crippen LogP contribution in [-0.4, -0.2) is 46.1 Å². The molecule has 0 saturated heterocycles. The Morgan fingerprint density at radius 1 is 1.45 bits per heavy atom. The molecule has 9 nitrogen and oxygen atoms in total. The van der Waals surface area contributed by atoms with Gasteiger partial charge in [-0.05, 0) is 12.1 Å². The second kappa shape index (κ2) is 7.75. The van der Waals surface area contributed by atoms with Gasteiger partial charge in [-0.2, -0.15) is 0 Å². The van der Waals surface area contributed by atoms with Crippen LogP contribution in [0.25, 0.3) is 0 Å². The van der Waals surface area contributed by atoms with Crippen molar-refractivity contribution in [2.45, 2.75) is 4.90 Å². The number of amides is 1. The average molecular weight is 303 g/mol. The number of carbonyl (C=O) groups is 1. The van der Waals surface area contributed by atoms with E-state index in [9.17, 15) is 13.2 Å². The molecule has 5 N–H and O–H groups in total. The third-order valence-corrected chi connectivity index (χ3v) is 3.63. The Bertz CT molecular complexity index is 531. The number of carbonyl (C=O) groups excluding carboxylic acids is 1. The van der Waals surface area contributed by atoms with Crippen molar-refractivity contribution in [1.82, 2.24) is 15.0 Å². The topological polar surface area (TPSA) is 135 Å². The van der Waals surface area contributed by atoms with Crippen LogP contribution < -0.4 is 21.3 Å². The fourth-order valence-corrected chi connectivity index (χ4v) is 2.15. The van der Waals surface area contributed by atoms with Gasteiger partial charge >= 0.3 is 0 Å². The van der Waals surface area contributed by atoms with Crippen LogP contribution in [-0.2, 0) is 19.6 Å². The minimum Gasteiger partial charge on any atom is -0.383 e. The summed E-state index contributed by atoms with van der Waals surface area (Å²) in [6.07, 6.45) is 1.14. The third kappa shape index (κ3) is 5.09. The third-order valence-electron chi connectivity index (χ3n) is 2.25. The lowest BCUT2D eigenvalue weighted by Crippen LogP contribution is -2.38. The van der Waals surface area contributed by atoms with Crippen molar-refractivity contribution in [2.75, 3.05) is 32.2 Å². The maximum Gasteiger partial charge on any atom is 0.242 e. The van der Waals surface area contributed by atoms with Gasteiger partial charge in [0, 0.05) is 19.9 Å². The Balaban J connectivity index is 2.54. The van der Waals surface area contributed by atoms with Gasteiger partial charge in [-0.3, -0.25) is 4.79 Å². The number of nitrogens with two attached hydrogens (primary N) is 1. The molecule has 10 heteroatoms. The number of nitrogens with one attached hydrogen (secondary N) is 3. The molecular weight excluding hydrogens is 286 g/mol. The molecule has 20 heavy (non-hydrogen) atoms. The first-order valence-electron chi connectivity index (χ1n) is 5.67. The van der Waals surface area contributed by atoms with Gasteiger partial charge in [0.15, 0.2) is 0 Å². The van der Waals surface area contributed by atoms with E-state index in [0.717, 1.165) is 6.20 Å². The molecular formula is C10H17N5O4S. The number of anilines is 1. The summed E-state index contributed by atoms with van der Waals surface area (Å²) < 4.78 is 30.6. The minimum absolute atomic E-state index is 0.0545. The summed E-state index contributed by atoms with van der Waals surface area (Å²) in [5.74, 6) is 5.01. The van der Waals surface area contributed by atoms with E-state index in [-0.39, 0.29) is 11.4 Å². The van der Waals surface area contributed by atoms with E-state index in [0.29, 0.717) is 19.0 Å². The van der Waals surface area contributed by atoms with Crippen LogP contribution in [0.3, 0.4) is 0 Å². The quantitative estimate of drug-likeness (QED) is 0.258. The second-order valence-electron chi connectivity index (χ2n) is 3.69. The number of methoxy groups -OCH3 is 1. The first-order valence-corrected chi connectivity index (χ1v) is 7.16. The molecule has 1 aromatic heterocycles. The number of nitrogens with zero attached hydrogens (tertiary/aromatic N) is 1. The molecule has 0 aromatic carbocycles. The first-order chi connectivity index (χ1) is 9.49. The zero-order valence-electron chi connectivity index (χ0n) is 10.9. The summed E-state index contributed by atoms with van der Waals surface area (Å²) in [5, 5.41) is 2.49. The van der Waals surface area contributed by atoms with Crippen molar-refractivity contribution in [3.63, 3.8) is 0 Å². The van der Waals surface area contributed by atoms with Gasteiger partial charge in [-0.1, -0.05) is 0 Å². The molecule has 1 heterocycles. The number of sulfonamides is 1. The Kier molecular flexibility index (Phi) is 6.31. The smallest absolute Gasteiger partial charge is 0.242 e. The van der Waals surface area contributed by atoms with Crippen molar-refractivity contribution >= 4 is 21.7 Å². The average Bonchev–Trinajstić information content (AvgIpc) is 2.45. The molecule has 112 valence electrons. The van der Waals surface area contributed by atoms with E-state index in [1.165, 1.54) is 19.2 Å². The van der Waals surface area contributed by atoms with Crippen molar-refractivity contribution in [1.29, 1.82) is 0 Å². The fourth-order valence-electron chi connectivity index (χ4n) is 1.22. The number of aromatic nitrogens is 1. The van der Waals surface area contributed by atoms with Crippen molar-refractivity contribution in [3.8, 4) is 0 Å². The lowest BCUT2D eigenvalue weighted by Gasteiger charge is -2.07. The van der Waals surface area contributed by atoms with Crippen LogP contribution in [0.4, 0.5) is 5.82 Å². The van der Waals surface area contributed by atoms with Gasteiger partial charge < -0.3 is 15.5 Å². The second-order valence-corrected chi connectivity index (χ2v) is 5.46. The highest BCUT2D eigenvalue weighted by molar-refractivity contribution is 7.89. The molecule has 0 atom stereocenters. The number of hydrazine groups is 1. The molecule has 1 aromatic rings. The molecule has 0 aliphatic rings. The van der Waals surface area contributed by atoms with Gasteiger partial charge in [0.25, 0.3) is 0 Å². The Hall–Kier alpha value is -1.75. The van der Waals surface area contributed by atoms with Crippen LogP contribution in [0.5, 0.6) is 0 Å². The maximum absolute atomic E-state index is 11.9. The zero-order chi connectivity index (χ0) is 15.0. The number of nitrogen functional groups attached to an aromatic ring is 1. The van der Waals surface area contributed by atoms with Crippen LogP contribution in [0.15, 0.2) is 23.2 Å². The van der Waals surface area contributed by atoms with Crippen molar-refractivity contribution in [3.05, 3.63) is 18.3 Å². The summed E-state index contributed by atoms with van der Waals surface area (Å²) in [7, 11) is -2.28. The van der Waals surface area contributed by atoms with Gasteiger partial charge in [0.1, 0.15) is 10.7 Å². The first kappa shape index (κ1) is 16.3. The number of pyridine rings is 1. The molecule has 0 spiro atoms. The van der Waals surface area contributed by atoms with E-state index in [2.05, 4.69) is 20.4 Å². The largest absolute Gasteiger partial charge is 0.383 e. The summed E-state index contributed by atoms with van der Waals surface area (Å²) in [4.78, 5) is 15.1. The summed E-state index contributed by atoms with van der Waals surface area (Å²) in [5.41, 5.74) is 2.28. The molecule has 1 amide bonds. The number of hydrogen-bond acceptors (Lipinski definition) is 7. The SMILES string of the molecule is COCCNC(=O)CNS(=O)(=O)c1ccc(NN)nc1. The standard InChI is InChI=1S/C10H17N5O4S/c1-19-5-4-12-10(16)7-14-20(17,18)8-2-3-9(15-11)13-6-8/h2-3,6,14H,4-5,7,11H2,1H3,(H,12,16)(H,13,15). The predicted molar refractivity (Wildman–Crippen MR) is 72.1 cm³/mol. The molecule has 0 aliphatic heterocycles. The molecule has 0 radical (unpaired) electrons. The van der Waals surface area contributed by atoms with E-state index in [1.807, 2.05) is 0 Å². The highest BCUT2D eigenvalue weighted by Gasteiger charge is 2.15. The zero-order valence-corrected chi connectivity index (χ0v) is 11.7. The Morgan fingerprint density at radius 3 is 2.75 bits per heavy atom. The lowest BCUT2D eigenvalue weighted by molar-refractivity contribution is -0.120. The Morgan fingerprint density at radius 2 is 2.20 bits per heavy atom. The predicted octanol–water partition coefficient (Wildman–Crippen LogP) is -1.59. The number of ether oxygens (including phenoxy) is 1. The normalized spacial score (nSPS) is 11.1. The minimum atomic E-state index is -3.78. The molecule has 0 aliphatic carbocycles. The van der Waals surface area contributed by atoms with Crippen LogP contribution >= 0.6 is 0 Å². The molecule has 0 unspecified atom stereocenters. The van der Waals surface area contributed by atoms with E-state index in [1.54, 1.807) is 0 Å². The summed E-state index contributed by atoms with van der Waals surface area (Å²) >= 11 is 0. The summed E-state index contributed by atoms with van der Waals surface area (Å²) in [6, 6.07) is 2.74. The summed E-state index contributed by atoms with van der Waals surface area (Å²) in [6.45, 7) is 0.314. The molecule has 0 saturated carbocycles. The highest BCUT2D eigenvalue weighted by atomic mass is 32.2. The van der Waals surface area contributed by atoms with E-state index < -0.39 is 15.9 Å². The molecule has 1 rings (SSSR count). The van der Waals surface area contributed by atoms with Gasteiger partial charge in [-0.25, -0.2) is 24.0 Å².